The van der Waals surface area contributed by atoms with Crippen LogP contribution in [0.25, 0.3) is 0 Å². The molecule has 1 aromatic rings. The van der Waals surface area contributed by atoms with Crippen LogP contribution in [0.1, 0.15) is 21.5 Å². The summed E-state index contributed by atoms with van der Waals surface area (Å²) in [5, 5.41) is 3.25. The lowest BCUT2D eigenvalue weighted by Crippen LogP contribution is -2.18. The smallest absolute Gasteiger partial charge is 0.338 e. The van der Waals surface area contributed by atoms with Crippen LogP contribution in [0.4, 0.5) is 0 Å². The van der Waals surface area contributed by atoms with Crippen molar-refractivity contribution < 1.29 is 14.3 Å². The first-order valence-electron chi connectivity index (χ1n) is 5.56. The maximum Gasteiger partial charge on any atom is 0.338 e. The van der Waals surface area contributed by atoms with Gasteiger partial charge in [0, 0.05) is 20.2 Å². The van der Waals surface area contributed by atoms with Crippen molar-refractivity contribution in [2.75, 3.05) is 27.4 Å². The van der Waals surface area contributed by atoms with Crippen LogP contribution in [0.15, 0.2) is 18.2 Å². The second-order valence-electron chi connectivity index (χ2n) is 3.81. The minimum atomic E-state index is -0.290. The maximum absolute atomic E-state index is 11.4. The van der Waals surface area contributed by atoms with Crippen LogP contribution in [0.5, 0.6) is 0 Å². The van der Waals surface area contributed by atoms with Gasteiger partial charge in [-0.3, -0.25) is 0 Å². The van der Waals surface area contributed by atoms with Crippen LogP contribution in [0.2, 0.25) is 0 Å². The number of hydrogen-bond donors (Lipinski definition) is 1. The molecule has 0 amide bonds. The average Bonchev–Trinajstić information content (AvgIpc) is 2.34. The summed E-state index contributed by atoms with van der Waals surface area (Å²) in [6, 6.07) is 5.72. The summed E-state index contributed by atoms with van der Waals surface area (Å²) in [4.78, 5) is 11.4. The molecule has 0 heterocycles. The second-order valence-corrected chi connectivity index (χ2v) is 3.81. The summed E-state index contributed by atoms with van der Waals surface area (Å²) in [6.45, 7) is 4.18. The van der Waals surface area contributed by atoms with E-state index < -0.39 is 0 Å². The second kappa shape index (κ2) is 7.04. The Balaban J connectivity index is 2.59. The first kappa shape index (κ1) is 13.7. The molecule has 4 heteroatoms. The van der Waals surface area contributed by atoms with Gasteiger partial charge in [-0.15, -0.1) is 0 Å². The maximum atomic E-state index is 11.4. The predicted molar refractivity (Wildman–Crippen MR) is 66.1 cm³/mol. The van der Waals surface area contributed by atoms with Crippen molar-refractivity contribution in [2.45, 2.75) is 13.5 Å². The Labute approximate surface area is 102 Å². The molecule has 17 heavy (non-hydrogen) atoms. The molecule has 0 aliphatic heterocycles. The van der Waals surface area contributed by atoms with E-state index >= 15 is 0 Å². The summed E-state index contributed by atoms with van der Waals surface area (Å²) in [5.41, 5.74) is 2.70. The van der Waals surface area contributed by atoms with Crippen LogP contribution in [-0.4, -0.2) is 33.3 Å². The summed E-state index contributed by atoms with van der Waals surface area (Å²) < 4.78 is 9.64. The highest BCUT2D eigenvalue weighted by atomic mass is 16.5. The van der Waals surface area contributed by atoms with E-state index in [0.717, 1.165) is 24.2 Å². The van der Waals surface area contributed by atoms with Crippen molar-refractivity contribution in [1.82, 2.24) is 5.32 Å². The Bertz CT molecular complexity index is 377. The number of methoxy groups -OCH3 is 2. The lowest BCUT2D eigenvalue weighted by molar-refractivity contribution is 0.0600. The van der Waals surface area contributed by atoms with Crippen molar-refractivity contribution in [3.8, 4) is 0 Å². The van der Waals surface area contributed by atoms with Crippen LogP contribution in [0.3, 0.4) is 0 Å². The average molecular weight is 237 g/mol. The monoisotopic (exact) mass is 237 g/mol. The Kier molecular flexibility index (Phi) is 5.66. The van der Waals surface area contributed by atoms with Gasteiger partial charge in [0.1, 0.15) is 0 Å². The highest BCUT2D eigenvalue weighted by Crippen LogP contribution is 2.12. The molecule has 0 spiro atoms. The largest absolute Gasteiger partial charge is 0.465 e. The van der Waals surface area contributed by atoms with Gasteiger partial charge in [-0.2, -0.15) is 0 Å². The fourth-order valence-corrected chi connectivity index (χ4v) is 1.58. The molecule has 0 bridgehead atoms. The lowest BCUT2D eigenvalue weighted by Gasteiger charge is -2.08. The standard InChI is InChI=1S/C13H19NO3/c1-10-8-11(9-14-6-7-16-2)4-5-12(10)13(15)17-3/h4-5,8,14H,6-7,9H2,1-3H3. The molecule has 1 N–H and O–H groups in total. The number of nitrogens with one attached hydrogen (secondary N) is 1. The third kappa shape index (κ3) is 4.17. The normalized spacial score (nSPS) is 10.3. The van der Waals surface area contributed by atoms with Gasteiger partial charge in [-0.1, -0.05) is 12.1 Å². The first-order valence-corrected chi connectivity index (χ1v) is 5.56. The van der Waals surface area contributed by atoms with Gasteiger partial charge in [-0.05, 0) is 24.1 Å². The Morgan fingerprint density at radius 2 is 2.12 bits per heavy atom. The highest BCUT2D eigenvalue weighted by Gasteiger charge is 2.08. The molecule has 0 saturated heterocycles. The van der Waals surface area contributed by atoms with E-state index in [2.05, 4.69) is 5.32 Å². The fraction of sp³-hybridized carbons (Fsp3) is 0.462. The molecule has 4 nitrogen and oxygen atoms in total. The van der Waals surface area contributed by atoms with Gasteiger partial charge >= 0.3 is 5.97 Å². The Morgan fingerprint density at radius 1 is 1.35 bits per heavy atom. The quantitative estimate of drug-likeness (QED) is 0.602. The van der Waals surface area contributed by atoms with Crippen molar-refractivity contribution in [2.24, 2.45) is 0 Å². The van der Waals surface area contributed by atoms with Crippen molar-refractivity contribution in [3.05, 3.63) is 34.9 Å². The lowest BCUT2D eigenvalue weighted by atomic mass is 10.1. The first-order chi connectivity index (χ1) is 8.19. The molecule has 1 rings (SSSR count). The van der Waals surface area contributed by atoms with Gasteiger partial charge in [0.05, 0.1) is 19.3 Å². The topological polar surface area (TPSA) is 47.6 Å². The Hall–Kier alpha value is -1.39. The Morgan fingerprint density at radius 3 is 2.71 bits per heavy atom. The number of aryl methyl sites for hydroxylation is 1. The van der Waals surface area contributed by atoms with Gasteiger partial charge in [0.2, 0.25) is 0 Å². The van der Waals surface area contributed by atoms with Crippen LogP contribution < -0.4 is 5.32 Å². The van der Waals surface area contributed by atoms with Gasteiger partial charge < -0.3 is 14.8 Å². The van der Waals surface area contributed by atoms with E-state index in [1.165, 1.54) is 7.11 Å². The van der Waals surface area contributed by atoms with Gasteiger partial charge in [0.25, 0.3) is 0 Å². The molecule has 94 valence electrons. The van der Waals surface area contributed by atoms with Crippen LogP contribution >= 0.6 is 0 Å². The summed E-state index contributed by atoms with van der Waals surface area (Å²) in [7, 11) is 3.07. The van der Waals surface area contributed by atoms with Gasteiger partial charge in [-0.25, -0.2) is 4.79 Å². The van der Waals surface area contributed by atoms with Crippen molar-refractivity contribution in [1.29, 1.82) is 0 Å². The van der Waals surface area contributed by atoms with E-state index in [1.807, 2.05) is 19.1 Å². The third-order valence-electron chi connectivity index (χ3n) is 2.51. The molecule has 0 aliphatic rings. The molecule has 0 fully saturated rings. The van der Waals surface area contributed by atoms with Crippen LogP contribution in [0, 0.1) is 6.92 Å². The number of carbonyl (C=O) groups excluding carboxylic acids is 1. The SMILES string of the molecule is COCCNCc1ccc(C(=O)OC)c(C)c1. The fourth-order valence-electron chi connectivity index (χ4n) is 1.58. The molecule has 0 atom stereocenters. The molecular weight excluding hydrogens is 218 g/mol. The molecule has 0 saturated carbocycles. The molecule has 0 unspecified atom stereocenters. The van der Waals surface area contributed by atoms with Gasteiger partial charge in [0.15, 0.2) is 0 Å². The molecular formula is C13H19NO3. The highest BCUT2D eigenvalue weighted by molar-refractivity contribution is 5.90. The number of benzene rings is 1. The number of rotatable bonds is 6. The van der Waals surface area contributed by atoms with E-state index in [-0.39, 0.29) is 5.97 Å². The minimum absolute atomic E-state index is 0.290. The zero-order valence-corrected chi connectivity index (χ0v) is 10.6. The van der Waals surface area contributed by atoms with Crippen molar-refractivity contribution in [3.63, 3.8) is 0 Å². The number of carbonyl (C=O) groups is 1. The summed E-state index contributed by atoms with van der Waals surface area (Å²) in [6.07, 6.45) is 0. The zero-order valence-electron chi connectivity index (χ0n) is 10.6. The number of esters is 1. The van der Waals surface area contributed by atoms with E-state index in [1.54, 1.807) is 13.2 Å². The summed E-state index contributed by atoms with van der Waals surface area (Å²) in [5.74, 6) is -0.290. The third-order valence-corrected chi connectivity index (χ3v) is 2.51. The number of hydrogen-bond acceptors (Lipinski definition) is 4. The van der Waals surface area contributed by atoms with Crippen LogP contribution in [-0.2, 0) is 16.0 Å². The van der Waals surface area contributed by atoms with Crippen molar-refractivity contribution >= 4 is 5.97 Å². The minimum Gasteiger partial charge on any atom is -0.465 e. The van der Waals surface area contributed by atoms with E-state index in [9.17, 15) is 4.79 Å². The zero-order chi connectivity index (χ0) is 12.7. The molecule has 1 aromatic carbocycles. The summed E-state index contributed by atoms with van der Waals surface area (Å²) >= 11 is 0. The molecule has 0 aliphatic carbocycles. The molecule has 0 radical (unpaired) electrons. The predicted octanol–water partition coefficient (Wildman–Crippen LogP) is 1.52. The van der Waals surface area contributed by atoms with E-state index in [4.69, 9.17) is 9.47 Å². The number of ether oxygens (including phenoxy) is 2. The van der Waals surface area contributed by atoms with E-state index in [0.29, 0.717) is 12.2 Å². The molecule has 0 aromatic heterocycles.